The Morgan fingerprint density at radius 2 is 1.88 bits per heavy atom. The van der Waals surface area contributed by atoms with Crippen molar-refractivity contribution < 1.29 is 14.3 Å². The summed E-state index contributed by atoms with van der Waals surface area (Å²) in [5.74, 6) is 0.401. The van der Waals surface area contributed by atoms with Gasteiger partial charge in [0.1, 0.15) is 5.75 Å². The molecule has 0 spiro atoms. The lowest BCUT2D eigenvalue weighted by Crippen LogP contribution is -2.30. The number of ketones is 1. The van der Waals surface area contributed by atoms with Crippen molar-refractivity contribution in [3.63, 3.8) is 0 Å². The largest absolute Gasteiger partial charge is 0.497 e. The van der Waals surface area contributed by atoms with Gasteiger partial charge in [-0.1, -0.05) is 18.2 Å². The number of carbonyl (C=O) groups is 2. The first-order valence-corrected chi connectivity index (χ1v) is 10.5. The van der Waals surface area contributed by atoms with Crippen molar-refractivity contribution in [3.05, 3.63) is 89.2 Å². The number of nitrogens with zero attached hydrogens (tertiary/aromatic N) is 2. The van der Waals surface area contributed by atoms with E-state index in [0.29, 0.717) is 16.8 Å². The molecule has 0 unspecified atom stereocenters. The second kappa shape index (κ2) is 8.75. The number of amides is 1. The molecule has 162 valence electrons. The molecule has 3 aromatic rings. The molecule has 0 atom stereocenters. The van der Waals surface area contributed by atoms with E-state index in [-0.39, 0.29) is 23.7 Å². The summed E-state index contributed by atoms with van der Waals surface area (Å²) in [6.07, 6.45) is 4.08. The van der Waals surface area contributed by atoms with Crippen LogP contribution in [-0.2, 0) is 6.42 Å². The first kappa shape index (κ1) is 21.4. The highest BCUT2D eigenvalue weighted by Gasteiger charge is 2.28. The van der Waals surface area contributed by atoms with Gasteiger partial charge in [0.15, 0.2) is 5.78 Å². The highest BCUT2D eigenvalue weighted by Crippen LogP contribution is 2.31. The topological polar surface area (TPSA) is 80.6 Å². The van der Waals surface area contributed by atoms with Gasteiger partial charge >= 0.3 is 0 Å². The van der Waals surface area contributed by atoms with Crippen molar-refractivity contribution in [2.75, 3.05) is 12.4 Å². The van der Waals surface area contributed by atoms with Crippen LogP contribution in [-0.4, -0.2) is 35.0 Å². The molecule has 1 N–H and O–H groups in total. The van der Waals surface area contributed by atoms with Crippen LogP contribution in [0.15, 0.2) is 72.0 Å². The predicted molar refractivity (Wildman–Crippen MR) is 125 cm³/mol. The van der Waals surface area contributed by atoms with E-state index in [0.717, 1.165) is 29.0 Å². The van der Waals surface area contributed by atoms with E-state index in [2.05, 4.69) is 24.1 Å². The molecule has 0 aliphatic carbocycles. The zero-order valence-electron chi connectivity index (χ0n) is 18.4. The van der Waals surface area contributed by atoms with E-state index < -0.39 is 0 Å². The van der Waals surface area contributed by atoms with Crippen molar-refractivity contribution in [1.82, 2.24) is 4.98 Å². The lowest BCUT2D eigenvalue weighted by atomic mass is 9.85. The van der Waals surface area contributed by atoms with Gasteiger partial charge in [-0.2, -0.15) is 0 Å². The summed E-state index contributed by atoms with van der Waals surface area (Å²) in [6, 6.07) is 16.3. The van der Waals surface area contributed by atoms with Crippen LogP contribution in [0.4, 0.5) is 5.69 Å². The molecule has 0 fully saturated rings. The van der Waals surface area contributed by atoms with Gasteiger partial charge < -0.3 is 10.1 Å². The van der Waals surface area contributed by atoms with E-state index in [1.165, 1.54) is 6.20 Å². The first-order valence-electron chi connectivity index (χ1n) is 10.5. The average molecular weight is 428 g/mol. The van der Waals surface area contributed by atoms with E-state index in [4.69, 9.17) is 9.73 Å². The number of anilines is 1. The minimum absolute atomic E-state index is 0.0623. The number of hydrogen-bond donors (Lipinski definition) is 1. The van der Waals surface area contributed by atoms with Crippen molar-refractivity contribution in [2.24, 2.45) is 4.99 Å². The fourth-order valence-electron chi connectivity index (χ4n) is 3.90. The second-order valence-corrected chi connectivity index (χ2v) is 8.45. The number of benzene rings is 2. The Labute approximate surface area is 187 Å². The maximum absolute atomic E-state index is 13.2. The number of ether oxygens (including phenoxy) is 1. The van der Waals surface area contributed by atoms with Crippen LogP contribution in [0.5, 0.6) is 5.75 Å². The van der Waals surface area contributed by atoms with Gasteiger partial charge in [-0.3, -0.25) is 19.6 Å². The van der Waals surface area contributed by atoms with Gasteiger partial charge in [0.25, 0.3) is 5.91 Å². The fourth-order valence-corrected chi connectivity index (χ4v) is 3.90. The molecular weight excluding hydrogens is 402 g/mol. The van der Waals surface area contributed by atoms with Gasteiger partial charge in [-0.15, -0.1) is 0 Å². The molecule has 2 aromatic carbocycles. The van der Waals surface area contributed by atoms with Crippen LogP contribution in [0.2, 0.25) is 0 Å². The standard InChI is InChI=1S/C26H25N3O3/c1-26(2)15-18-9-10-21(32-3)13-22(18)23(29-26)14-24(30)17-6-4-8-20(12-17)28-25(31)19-7-5-11-27-16-19/h4-13,16H,14-15H2,1-3H3,(H,28,31). The molecule has 4 rings (SSSR count). The summed E-state index contributed by atoms with van der Waals surface area (Å²) in [5.41, 5.74) is 4.11. The van der Waals surface area contributed by atoms with Crippen molar-refractivity contribution >= 4 is 23.1 Å². The molecule has 0 radical (unpaired) electrons. The predicted octanol–water partition coefficient (Wildman–Crippen LogP) is 4.74. The van der Waals surface area contributed by atoms with E-state index in [1.54, 1.807) is 49.7 Å². The Balaban J connectivity index is 1.56. The number of methoxy groups -OCH3 is 1. The second-order valence-electron chi connectivity index (χ2n) is 8.45. The summed E-state index contributed by atoms with van der Waals surface area (Å²) in [4.78, 5) is 34.4. The van der Waals surface area contributed by atoms with Crippen LogP contribution in [0.1, 0.15) is 52.1 Å². The number of aliphatic imine (C=N–C) groups is 1. The van der Waals surface area contributed by atoms with Crippen LogP contribution < -0.4 is 10.1 Å². The Hall–Kier alpha value is -3.80. The van der Waals surface area contributed by atoms with Gasteiger partial charge in [0.05, 0.1) is 30.3 Å². The highest BCUT2D eigenvalue weighted by atomic mass is 16.5. The van der Waals surface area contributed by atoms with Crippen LogP contribution in [0.3, 0.4) is 0 Å². The maximum atomic E-state index is 13.2. The van der Waals surface area contributed by atoms with Crippen molar-refractivity contribution in [1.29, 1.82) is 0 Å². The Bertz CT molecular complexity index is 1200. The van der Waals surface area contributed by atoms with Crippen LogP contribution in [0.25, 0.3) is 0 Å². The molecular formula is C26H25N3O3. The number of Topliss-reactive ketones (excluding diaryl/α,β-unsaturated/α-hetero) is 1. The van der Waals surface area contributed by atoms with Crippen molar-refractivity contribution in [2.45, 2.75) is 32.2 Å². The minimum atomic E-state index is -0.281. The van der Waals surface area contributed by atoms with Crippen LogP contribution >= 0.6 is 0 Å². The lowest BCUT2D eigenvalue weighted by molar-refractivity contribution is 0.0996. The molecule has 1 aliphatic heterocycles. The SMILES string of the molecule is COc1ccc2c(c1)C(CC(=O)c1cccc(NC(=O)c3cccnc3)c1)=NC(C)(C)C2. The van der Waals surface area contributed by atoms with E-state index in [1.807, 2.05) is 18.2 Å². The number of aromatic nitrogens is 1. The number of nitrogens with one attached hydrogen (secondary N) is 1. The molecule has 0 saturated heterocycles. The Kier molecular flexibility index (Phi) is 5.86. The van der Waals surface area contributed by atoms with Gasteiger partial charge in [-0.25, -0.2) is 0 Å². The highest BCUT2D eigenvalue weighted by molar-refractivity contribution is 6.17. The van der Waals surface area contributed by atoms with Gasteiger partial charge in [0.2, 0.25) is 0 Å². The molecule has 2 heterocycles. The van der Waals surface area contributed by atoms with Gasteiger partial charge in [-0.05, 0) is 62.2 Å². The molecule has 0 bridgehead atoms. The number of carbonyl (C=O) groups excluding carboxylic acids is 2. The fraction of sp³-hybridized carbons (Fsp3) is 0.231. The minimum Gasteiger partial charge on any atom is -0.497 e. The quantitative estimate of drug-likeness (QED) is 0.576. The molecule has 0 saturated carbocycles. The third-order valence-electron chi connectivity index (χ3n) is 5.38. The summed E-state index contributed by atoms with van der Waals surface area (Å²) >= 11 is 0. The summed E-state index contributed by atoms with van der Waals surface area (Å²) in [5, 5.41) is 2.82. The first-order chi connectivity index (χ1) is 15.3. The van der Waals surface area contributed by atoms with Gasteiger partial charge in [0, 0.05) is 29.2 Å². The molecule has 1 aromatic heterocycles. The Morgan fingerprint density at radius 3 is 2.62 bits per heavy atom. The summed E-state index contributed by atoms with van der Waals surface area (Å²) < 4.78 is 5.37. The van der Waals surface area contributed by atoms with E-state index in [9.17, 15) is 9.59 Å². The molecule has 1 aliphatic rings. The Morgan fingerprint density at radius 1 is 1.06 bits per heavy atom. The monoisotopic (exact) mass is 427 g/mol. The zero-order valence-corrected chi connectivity index (χ0v) is 18.4. The molecule has 6 nitrogen and oxygen atoms in total. The normalized spacial score (nSPS) is 14.2. The molecule has 6 heteroatoms. The maximum Gasteiger partial charge on any atom is 0.257 e. The lowest BCUT2D eigenvalue weighted by Gasteiger charge is -2.29. The average Bonchev–Trinajstić information content (AvgIpc) is 2.79. The smallest absolute Gasteiger partial charge is 0.257 e. The third-order valence-corrected chi connectivity index (χ3v) is 5.38. The number of hydrogen-bond acceptors (Lipinski definition) is 5. The van der Waals surface area contributed by atoms with E-state index >= 15 is 0 Å². The van der Waals surface area contributed by atoms with Crippen LogP contribution in [0, 0.1) is 0 Å². The molecule has 32 heavy (non-hydrogen) atoms. The summed E-state index contributed by atoms with van der Waals surface area (Å²) in [7, 11) is 1.63. The number of pyridine rings is 1. The summed E-state index contributed by atoms with van der Waals surface area (Å²) in [6.45, 7) is 4.14. The number of fused-ring (bicyclic) bond motifs is 1. The zero-order chi connectivity index (χ0) is 22.7. The number of rotatable bonds is 6. The molecule has 1 amide bonds. The third kappa shape index (κ3) is 4.75. The van der Waals surface area contributed by atoms with Crippen molar-refractivity contribution in [3.8, 4) is 5.75 Å².